The van der Waals surface area contributed by atoms with Crippen LogP contribution in [-0.4, -0.2) is 45.9 Å². The molecule has 0 bridgehead atoms. The van der Waals surface area contributed by atoms with Crippen molar-refractivity contribution >= 4 is 33.2 Å². The van der Waals surface area contributed by atoms with Gasteiger partial charge in [0, 0.05) is 25.1 Å². The van der Waals surface area contributed by atoms with E-state index in [0.717, 1.165) is 0 Å². The lowest BCUT2D eigenvalue weighted by molar-refractivity contribution is -0.120. The summed E-state index contributed by atoms with van der Waals surface area (Å²) in [6, 6.07) is 8.76. The highest BCUT2D eigenvalue weighted by Gasteiger charge is 2.33. The number of piperidine rings is 1. The minimum atomic E-state index is -3.75. The predicted molar refractivity (Wildman–Crippen MR) is 111 cm³/mol. The number of benzene rings is 2. The molecule has 162 valence electrons. The molecule has 3 rings (SSSR count). The topological polar surface area (TPSA) is 84.9 Å². The number of nitrogens with zero attached hydrogens (tertiary/aromatic N) is 1. The second kappa shape index (κ2) is 9.20. The van der Waals surface area contributed by atoms with Crippen molar-refractivity contribution in [3.63, 3.8) is 0 Å². The maximum atomic E-state index is 14.0. The van der Waals surface area contributed by atoms with Crippen LogP contribution in [0.5, 0.6) is 11.5 Å². The number of hydrogen-bond acceptors (Lipinski definition) is 5. The van der Waals surface area contributed by atoms with E-state index < -0.39 is 21.8 Å². The fraction of sp³-hybridized carbons (Fsp3) is 0.350. The lowest BCUT2D eigenvalue weighted by Crippen LogP contribution is -2.41. The first-order valence-electron chi connectivity index (χ1n) is 9.25. The Labute approximate surface area is 179 Å². The van der Waals surface area contributed by atoms with Crippen molar-refractivity contribution in [1.29, 1.82) is 0 Å². The van der Waals surface area contributed by atoms with Gasteiger partial charge in [-0.25, -0.2) is 12.8 Å². The number of halogens is 2. The van der Waals surface area contributed by atoms with Gasteiger partial charge in [-0.1, -0.05) is 17.7 Å². The van der Waals surface area contributed by atoms with E-state index >= 15 is 0 Å². The Morgan fingerprint density at radius 1 is 1.13 bits per heavy atom. The third-order valence-corrected chi connectivity index (χ3v) is 7.21. The van der Waals surface area contributed by atoms with Gasteiger partial charge in [0.25, 0.3) is 0 Å². The normalized spacial score (nSPS) is 15.6. The molecule has 0 aliphatic carbocycles. The monoisotopic (exact) mass is 456 g/mol. The minimum absolute atomic E-state index is 0.00730. The highest BCUT2D eigenvalue weighted by Crippen LogP contribution is 2.32. The van der Waals surface area contributed by atoms with Crippen LogP contribution in [0, 0.1) is 11.7 Å². The first kappa shape index (κ1) is 22.3. The van der Waals surface area contributed by atoms with Crippen LogP contribution < -0.4 is 14.8 Å². The smallest absolute Gasteiger partial charge is 0.243 e. The van der Waals surface area contributed by atoms with Crippen LogP contribution in [0.2, 0.25) is 5.02 Å². The summed E-state index contributed by atoms with van der Waals surface area (Å²) in [6.45, 7) is 0.347. The number of hydrogen-bond donors (Lipinski definition) is 1. The predicted octanol–water partition coefficient (Wildman–Crippen LogP) is 3.54. The number of methoxy groups -OCH3 is 2. The van der Waals surface area contributed by atoms with Gasteiger partial charge in [0.15, 0.2) is 17.3 Å². The zero-order valence-corrected chi connectivity index (χ0v) is 18.1. The van der Waals surface area contributed by atoms with Crippen molar-refractivity contribution < 1.29 is 27.1 Å². The number of ether oxygens (including phenoxy) is 2. The molecule has 1 amide bonds. The van der Waals surface area contributed by atoms with Crippen molar-refractivity contribution in [3.05, 3.63) is 47.2 Å². The van der Waals surface area contributed by atoms with E-state index in [9.17, 15) is 17.6 Å². The van der Waals surface area contributed by atoms with E-state index in [2.05, 4.69) is 5.32 Å². The Balaban J connectivity index is 1.67. The number of amides is 1. The summed E-state index contributed by atoms with van der Waals surface area (Å²) >= 11 is 5.73. The fourth-order valence-electron chi connectivity index (χ4n) is 3.32. The summed E-state index contributed by atoms with van der Waals surface area (Å²) in [7, 11) is -0.850. The molecule has 1 aliphatic heterocycles. The van der Waals surface area contributed by atoms with Gasteiger partial charge >= 0.3 is 0 Å². The van der Waals surface area contributed by atoms with Crippen LogP contribution >= 0.6 is 11.6 Å². The molecule has 1 fully saturated rings. The molecule has 0 unspecified atom stereocenters. The van der Waals surface area contributed by atoms with Crippen molar-refractivity contribution in [3.8, 4) is 11.5 Å². The first-order valence-corrected chi connectivity index (χ1v) is 11.1. The van der Waals surface area contributed by atoms with Crippen molar-refractivity contribution in [2.24, 2.45) is 5.92 Å². The number of nitrogens with one attached hydrogen (secondary N) is 1. The number of carbonyl (C=O) groups excluding carboxylic acids is 1. The average Bonchev–Trinajstić information content (AvgIpc) is 2.76. The van der Waals surface area contributed by atoms with E-state index in [0.29, 0.717) is 24.3 Å². The van der Waals surface area contributed by atoms with Crippen LogP contribution in [-0.2, 0) is 14.8 Å². The molecule has 30 heavy (non-hydrogen) atoms. The van der Waals surface area contributed by atoms with Crippen molar-refractivity contribution in [2.45, 2.75) is 17.7 Å². The van der Waals surface area contributed by atoms with E-state index in [4.69, 9.17) is 21.1 Å². The molecule has 2 aromatic rings. The molecule has 1 aliphatic rings. The summed E-state index contributed by atoms with van der Waals surface area (Å²) in [5.74, 6) is -0.739. The zero-order chi connectivity index (χ0) is 21.9. The molecule has 0 saturated carbocycles. The quantitative estimate of drug-likeness (QED) is 0.718. The SMILES string of the molecule is COc1ccc(S(=O)(=O)N2CCC(C(=O)Nc3cccc(Cl)c3F)CC2)cc1OC. The third-order valence-electron chi connectivity index (χ3n) is 5.03. The number of anilines is 1. The summed E-state index contributed by atoms with van der Waals surface area (Å²) in [5.41, 5.74) is 0.00730. The lowest BCUT2D eigenvalue weighted by Gasteiger charge is -2.30. The molecule has 0 spiro atoms. The molecule has 1 N–H and O–H groups in total. The molecular weight excluding hydrogens is 435 g/mol. The molecule has 1 saturated heterocycles. The van der Waals surface area contributed by atoms with Crippen LogP contribution in [0.4, 0.5) is 10.1 Å². The number of carbonyl (C=O) groups is 1. The van der Waals surface area contributed by atoms with Gasteiger partial charge in [-0.2, -0.15) is 4.31 Å². The Morgan fingerprint density at radius 2 is 1.80 bits per heavy atom. The molecule has 0 atom stereocenters. The summed E-state index contributed by atoms with van der Waals surface area (Å²) < 4.78 is 51.6. The highest BCUT2D eigenvalue weighted by atomic mass is 35.5. The lowest BCUT2D eigenvalue weighted by atomic mass is 9.97. The summed E-state index contributed by atoms with van der Waals surface area (Å²) in [6.07, 6.45) is 0.640. The second-order valence-electron chi connectivity index (χ2n) is 6.79. The van der Waals surface area contributed by atoms with Gasteiger partial charge in [0.05, 0.1) is 29.8 Å². The molecule has 1 heterocycles. The highest BCUT2D eigenvalue weighted by molar-refractivity contribution is 7.89. The van der Waals surface area contributed by atoms with Crippen LogP contribution in [0.1, 0.15) is 12.8 Å². The zero-order valence-electron chi connectivity index (χ0n) is 16.5. The number of rotatable bonds is 6. The third kappa shape index (κ3) is 4.53. The molecule has 0 aromatic heterocycles. The molecule has 0 radical (unpaired) electrons. The Hall–Kier alpha value is -2.36. The summed E-state index contributed by atoms with van der Waals surface area (Å²) in [5, 5.41) is 2.46. The number of sulfonamides is 1. The molecular formula is C20H22ClFN2O5S. The average molecular weight is 457 g/mol. The summed E-state index contributed by atoms with van der Waals surface area (Å²) in [4.78, 5) is 12.6. The minimum Gasteiger partial charge on any atom is -0.493 e. The second-order valence-corrected chi connectivity index (χ2v) is 9.13. The van der Waals surface area contributed by atoms with E-state index in [1.807, 2.05) is 0 Å². The molecule has 10 heteroatoms. The first-order chi connectivity index (χ1) is 14.3. The van der Waals surface area contributed by atoms with E-state index in [1.165, 1.54) is 48.9 Å². The van der Waals surface area contributed by atoms with Gasteiger partial charge in [0.2, 0.25) is 15.9 Å². The largest absolute Gasteiger partial charge is 0.493 e. The maximum absolute atomic E-state index is 14.0. The fourth-order valence-corrected chi connectivity index (χ4v) is 4.98. The van der Waals surface area contributed by atoms with Crippen molar-refractivity contribution in [2.75, 3.05) is 32.6 Å². The van der Waals surface area contributed by atoms with Crippen LogP contribution in [0.15, 0.2) is 41.3 Å². The van der Waals surface area contributed by atoms with E-state index in [-0.39, 0.29) is 34.6 Å². The van der Waals surface area contributed by atoms with Crippen LogP contribution in [0.25, 0.3) is 0 Å². The van der Waals surface area contributed by atoms with Gasteiger partial charge in [-0.05, 0) is 37.1 Å². The Kier molecular flexibility index (Phi) is 6.84. The van der Waals surface area contributed by atoms with Gasteiger partial charge in [-0.15, -0.1) is 0 Å². The Morgan fingerprint density at radius 3 is 2.43 bits per heavy atom. The van der Waals surface area contributed by atoms with Crippen LogP contribution in [0.3, 0.4) is 0 Å². The van der Waals surface area contributed by atoms with Gasteiger partial charge in [-0.3, -0.25) is 4.79 Å². The van der Waals surface area contributed by atoms with Gasteiger partial charge in [0.1, 0.15) is 0 Å². The maximum Gasteiger partial charge on any atom is 0.243 e. The van der Waals surface area contributed by atoms with Gasteiger partial charge < -0.3 is 14.8 Å². The molecule has 2 aromatic carbocycles. The van der Waals surface area contributed by atoms with E-state index in [1.54, 1.807) is 6.07 Å². The van der Waals surface area contributed by atoms with Crippen molar-refractivity contribution in [1.82, 2.24) is 4.31 Å². The Bertz CT molecular complexity index is 1040. The standard InChI is InChI=1S/C20H22ClFN2O5S/c1-28-17-7-6-14(12-18(17)29-2)30(26,27)24-10-8-13(9-11-24)20(25)23-16-5-3-4-15(21)19(16)22/h3-7,12-13H,8-11H2,1-2H3,(H,23,25). The molecule has 7 nitrogen and oxygen atoms in total.